The van der Waals surface area contributed by atoms with Crippen LogP contribution < -0.4 is 15.6 Å². The normalized spacial score (nSPS) is 38.2. The Balaban J connectivity index is 1.47. The highest BCUT2D eigenvalue weighted by Gasteiger charge is 2.34. The highest BCUT2D eigenvalue weighted by molar-refractivity contribution is 7.90. The van der Waals surface area contributed by atoms with Crippen LogP contribution in [0.2, 0.25) is 0 Å². The van der Waals surface area contributed by atoms with Gasteiger partial charge in [-0.15, -0.1) is 0 Å². The zero-order chi connectivity index (χ0) is 15.6. The van der Waals surface area contributed by atoms with Crippen molar-refractivity contribution in [3.05, 3.63) is 0 Å². The van der Waals surface area contributed by atoms with Gasteiger partial charge in [-0.3, -0.25) is 4.90 Å². The number of nitrogens with zero attached hydrogens (tertiary/aromatic N) is 1. The number of sulfonamides is 1. The van der Waals surface area contributed by atoms with E-state index in [1.165, 1.54) is 12.8 Å². The topological polar surface area (TPSA) is 73.5 Å². The van der Waals surface area contributed by atoms with E-state index in [4.69, 9.17) is 0 Å². The molecule has 6 nitrogen and oxygen atoms in total. The second kappa shape index (κ2) is 7.09. The van der Waals surface area contributed by atoms with E-state index >= 15 is 0 Å². The molecule has 2 unspecified atom stereocenters. The summed E-state index contributed by atoms with van der Waals surface area (Å²) in [5, 5.41) is -0.447. The SMILES string of the molecule is O=S(=O)(NC1CCC(N2CCCC2)NN1)C1CCC(F)CC1. The lowest BCUT2D eigenvalue weighted by Gasteiger charge is -2.37. The largest absolute Gasteiger partial charge is 0.287 e. The molecule has 2 heterocycles. The van der Waals surface area contributed by atoms with Crippen LogP contribution in [0.25, 0.3) is 0 Å². The molecule has 1 aliphatic carbocycles. The minimum Gasteiger partial charge on any atom is -0.287 e. The number of likely N-dealkylation sites (tertiary alicyclic amines) is 1. The number of rotatable bonds is 4. The maximum Gasteiger partial charge on any atom is 0.215 e. The lowest BCUT2D eigenvalue weighted by Crippen LogP contribution is -2.62. The van der Waals surface area contributed by atoms with E-state index in [9.17, 15) is 12.8 Å². The van der Waals surface area contributed by atoms with Gasteiger partial charge in [0.05, 0.1) is 17.6 Å². The van der Waals surface area contributed by atoms with Gasteiger partial charge in [-0.05, 0) is 64.5 Å². The molecular formula is C14H27FN4O2S. The predicted octanol–water partition coefficient (Wildman–Crippen LogP) is 0.822. The molecule has 2 saturated heterocycles. The maximum atomic E-state index is 13.2. The molecule has 2 aliphatic heterocycles. The van der Waals surface area contributed by atoms with Crippen molar-refractivity contribution in [3.63, 3.8) is 0 Å². The second-order valence-corrected chi connectivity index (χ2v) is 8.71. The van der Waals surface area contributed by atoms with Gasteiger partial charge < -0.3 is 0 Å². The van der Waals surface area contributed by atoms with Crippen LogP contribution in [0.15, 0.2) is 0 Å². The number of nitrogens with one attached hydrogen (secondary N) is 3. The number of hydrogen-bond donors (Lipinski definition) is 3. The van der Waals surface area contributed by atoms with Crippen LogP contribution in [0.1, 0.15) is 51.4 Å². The summed E-state index contributed by atoms with van der Waals surface area (Å²) in [7, 11) is -3.38. The van der Waals surface area contributed by atoms with Crippen LogP contribution in [0.3, 0.4) is 0 Å². The van der Waals surface area contributed by atoms with Gasteiger partial charge in [0, 0.05) is 0 Å². The van der Waals surface area contributed by atoms with E-state index in [-0.39, 0.29) is 6.17 Å². The lowest BCUT2D eigenvalue weighted by molar-refractivity contribution is 0.122. The molecule has 0 aromatic heterocycles. The first-order valence-corrected chi connectivity index (χ1v) is 9.99. The fourth-order valence-corrected chi connectivity index (χ4v) is 5.37. The molecule has 2 atom stereocenters. The molecule has 3 N–H and O–H groups in total. The second-order valence-electron chi connectivity index (χ2n) is 6.71. The Morgan fingerprint density at radius 1 is 0.955 bits per heavy atom. The van der Waals surface area contributed by atoms with Crippen molar-refractivity contribution in [2.45, 2.75) is 75.1 Å². The van der Waals surface area contributed by atoms with Gasteiger partial charge in [0.2, 0.25) is 10.0 Å². The Bertz CT molecular complexity index is 453. The zero-order valence-electron chi connectivity index (χ0n) is 12.9. The molecule has 0 amide bonds. The van der Waals surface area contributed by atoms with Gasteiger partial charge in [0.25, 0.3) is 0 Å². The van der Waals surface area contributed by atoms with Crippen LogP contribution in [0.4, 0.5) is 4.39 Å². The third-order valence-corrected chi connectivity index (χ3v) is 7.05. The van der Waals surface area contributed by atoms with Crippen molar-refractivity contribution < 1.29 is 12.8 Å². The summed E-state index contributed by atoms with van der Waals surface area (Å²) >= 11 is 0. The van der Waals surface area contributed by atoms with E-state index < -0.39 is 21.4 Å². The molecule has 0 aromatic carbocycles. The Kier molecular flexibility index (Phi) is 5.34. The fourth-order valence-electron chi connectivity index (χ4n) is 3.71. The summed E-state index contributed by atoms with van der Waals surface area (Å²) < 4.78 is 40.7. The van der Waals surface area contributed by atoms with Crippen molar-refractivity contribution in [1.29, 1.82) is 0 Å². The smallest absolute Gasteiger partial charge is 0.215 e. The summed E-state index contributed by atoms with van der Waals surface area (Å²) in [5.74, 6) is 0. The lowest BCUT2D eigenvalue weighted by atomic mass is 9.99. The average Bonchev–Trinajstić information content (AvgIpc) is 3.02. The molecule has 0 spiro atoms. The third kappa shape index (κ3) is 3.97. The first-order valence-electron chi connectivity index (χ1n) is 8.45. The third-order valence-electron chi connectivity index (χ3n) is 5.08. The highest BCUT2D eigenvalue weighted by atomic mass is 32.2. The molecule has 3 fully saturated rings. The summed E-state index contributed by atoms with van der Waals surface area (Å²) in [6.07, 6.45) is 4.94. The quantitative estimate of drug-likeness (QED) is 0.710. The molecule has 128 valence electrons. The Labute approximate surface area is 132 Å². The van der Waals surface area contributed by atoms with Crippen LogP contribution in [-0.2, 0) is 10.0 Å². The first-order chi connectivity index (χ1) is 10.5. The minimum atomic E-state index is -3.38. The van der Waals surface area contributed by atoms with Crippen molar-refractivity contribution in [3.8, 4) is 0 Å². The van der Waals surface area contributed by atoms with Gasteiger partial charge in [0.1, 0.15) is 6.17 Å². The highest BCUT2D eigenvalue weighted by Crippen LogP contribution is 2.26. The van der Waals surface area contributed by atoms with Gasteiger partial charge in [-0.1, -0.05) is 0 Å². The predicted molar refractivity (Wildman–Crippen MR) is 83.1 cm³/mol. The van der Waals surface area contributed by atoms with Crippen LogP contribution in [0, 0.1) is 0 Å². The van der Waals surface area contributed by atoms with Crippen molar-refractivity contribution in [1.82, 2.24) is 20.5 Å². The summed E-state index contributed by atoms with van der Waals surface area (Å²) in [5.41, 5.74) is 6.33. The maximum absolute atomic E-state index is 13.2. The standard InChI is InChI=1S/C14H27FN4O2S/c15-11-3-5-12(6-4-11)22(20,21)18-13-7-8-14(17-16-13)19-9-1-2-10-19/h11-14,16-18H,1-10H2. The zero-order valence-corrected chi connectivity index (χ0v) is 13.7. The molecule has 8 heteroatoms. The number of alkyl halides is 1. The molecule has 0 radical (unpaired) electrons. The van der Waals surface area contributed by atoms with Crippen molar-refractivity contribution in [2.75, 3.05) is 13.1 Å². The van der Waals surface area contributed by atoms with Gasteiger partial charge in [-0.2, -0.15) is 4.72 Å². The Morgan fingerprint density at radius 3 is 2.23 bits per heavy atom. The van der Waals surface area contributed by atoms with Crippen LogP contribution >= 0.6 is 0 Å². The fraction of sp³-hybridized carbons (Fsp3) is 1.00. The van der Waals surface area contributed by atoms with E-state index in [0.717, 1.165) is 25.9 Å². The number of hydrazine groups is 1. The minimum absolute atomic E-state index is 0.271. The average molecular weight is 334 g/mol. The van der Waals surface area contributed by atoms with E-state index in [2.05, 4.69) is 20.5 Å². The van der Waals surface area contributed by atoms with E-state index in [1.54, 1.807) is 0 Å². The first kappa shape index (κ1) is 16.6. The summed E-state index contributed by atoms with van der Waals surface area (Å²) in [6.45, 7) is 2.23. The molecule has 3 aliphatic rings. The Morgan fingerprint density at radius 2 is 1.64 bits per heavy atom. The van der Waals surface area contributed by atoms with Gasteiger partial charge >= 0.3 is 0 Å². The number of hydrogen-bond acceptors (Lipinski definition) is 5. The molecular weight excluding hydrogens is 307 g/mol. The van der Waals surface area contributed by atoms with E-state index in [1.807, 2.05) is 0 Å². The molecule has 0 aromatic rings. The number of halogens is 1. The molecule has 22 heavy (non-hydrogen) atoms. The monoisotopic (exact) mass is 334 g/mol. The molecule has 1 saturated carbocycles. The Hall–Kier alpha value is -0.280. The van der Waals surface area contributed by atoms with Gasteiger partial charge in [-0.25, -0.2) is 23.7 Å². The van der Waals surface area contributed by atoms with Crippen molar-refractivity contribution in [2.24, 2.45) is 0 Å². The van der Waals surface area contributed by atoms with Crippen LogP contribution in [-0.4, -0.2) is 50.2 Å². The van der Waals surface area contributed by atoms with Crippen molar-refractivity contribution >= 4 is 10.0 Å². The molecule has 3 rings (SSSR count). The van der Waals surface area contributed by atoms with Gasteiger partial charge in [0.15, 0.2) is 0 Å². The summed E-state index contributed by atoms with van der Waals surface area (Å²) in [6, 6.07) is 0. The molecule has 0 bridgehead atoms. The summed E-state index contributed by atoms with van der Waals surface area (Å²) in [4.78, 5) is 2.40. The van der Waals surface area contributed by atoms with E-state index in [0.29, 0.717) is 31.8 Å². The van der Waals surface area contributed by atoms with Crippen LogP contribution in [0.5, 0.6) is 0 Å².